The van der Waals surface area contributed by atoms with E-state index in [4.69, 9.17) is 23.2 Å². The number of hydrogen-bond acceptors (Lipinski definition) is 5. The highest BCUT2D eigenvalue weighted by atomic mass is 35.5. The molecule has 1 aliphatic rings. The number of amides is 1. The van der Waals surface area contributed by atoms with Gasteiger partial charge in [-0.15, -0.1) is 0 Å². The molecule has 1 saturated heterocycles. The molecule has 0 aromatic heterocycles. The van der Waals surface area contributed by atoms with Crippen LogP contribution in [0.2, 0.25) is 10.0 Å². The Bertz CT molecular complexity index is 1480. The molecule has 1 amide bonds. The van der Waals surface area contributed by atoms with Gasteiger partial charge >= 0.3 is 0 Å². The Morgan fingerprint density at radius 3 is 2.11 bits per heavy atom. The molecule has 0 unspecified atom stereocenters. The van der Waals surface area contributed by atoms with Crippen LogP contribution in [0.25, 0.3) is 0 Å². The zero-order chi connectivity index (χ0) is 26.6. The summed E-state index contributed by atoms with van der Waals surface area (Å²) < 4.78 is 55.0. The van der Waals surface area contributed by atoms with Gasteiger partial charge < -0.3 is 5.32 Å². The molecule has 0 saturated carbocycles. The van der Waals surface area contributed by atoms with Gasteiger partial charge in [-0.3, -0.25) is 9.10 Å². The lowest BCUT2D eigenvalue weighted by Crippen LogP contribution is -2.38. The van der Waals surface area contributed by atoms with Crippen molar-refractivity contribution in [3.8, 4) is 0 Å². The monoisotopic (exact) mass is 581 g/mol. The molecule has 1 fully saturated rings. The van der Waals surface area contributed by atoms with Gasteiger partial charge in [0.05, 0.1) is 20.5 Å². The highest BCUT2D eigenvalue weighted by Crippen LogP contribution is 2.32. The Kier molecular flexibility index (Phi) is 8.45. The van der Waals surface area contributed by atoms with Crippen molar-refractivity contribution in [3.05, 3.63) is 82.8 Å². The lowest BCUT2D eigenvalue weighted by atomic mass is 10.2. The van der Waals surface area contributed by atoms with Crippen LogP contribution >= 0.6 is 23.2 Å². The van der Waals surface area contributed by atoms with Crippen molar-refractivity contribution < 1.29 is 21.6 Å². The van der Waals surface area contributed by atoms with Crippen molar-refractivity contribution in [1.29, 1.82) is 0 Å². The van der Waals surface area contributed by atoms with Crippen LogP contribution < -0.4 is 9.62 Å². The fraction of sp³-hybridized carbons (Fsp3) is 0.240. The third kappa shape index (κ3) is 6.27. The first-order chi connectivity index (χ1) is 17.6. The van der Waals surface area contributed by atoms with E-state index >= 15 is 0 Å². The molecule has 4 rings (SSSR count). The van der Waals surface area contributed by atoms with Crippen LogP contribution in [0.1, 0.15) is 19.3 Å². The second-order valence-electron chi connectivity index (χ2n) is 8.46. The van der Waals surface area contributed by atoms with Crippen molar-refractivity contribution in [2.45, 2.75) is 29.1 Å². The Hall–Kier alpha value is -2.63. The van der Waals surface area contributed by atoms with Crippen molar-refractivity contribution >= 4 is 60.5 Å². The number of carbonyl (C=O) groups excluding carboxylic acids is 1. The van der Waals surface area contributed by atoms with Crippen molar-refractivity contribution in [1.82, 2.24) is 4.31 Å². The lowest BCUT2D eigenvalue weighted by Gasteiger charge is -2.26. The quantitative estimate of drug-likeness (QED) is 0.403. The number of piperidine rings is 1. The first-order valence-electron chi connectivity index (χ1n) is 11.5. The number of nitrogens with zero attached hydrogens (tertiary/aromatic N) is 2. The number of benzene rings is 3. The maximum absolute atomic E-state index is 13.4. The van der Waals surface area contributed by atoms with Crippen molar-refractivity contribution in [2.24, 2.45) is 0 Å². The Balaban J connectivity index is 1.56. The molecule has 196 valence electrons. The average Bonchev–Trinajstić information content (AvgIpc) is 2.89. The average molecular weight is 583 g/mol. The topological polar surface area (TPSA) is 104 Å². The second-order valence-corrected chi connectivity index (χ2v) is 13.1. The van der Waals surface area contributed by atoms with Crippen LogP contribution in [-0.4, -0.2) is 46.7 Å². The van der Waals surface area contributed by atoms with Gasteiger partial charge in [-0.25, -0.2) is 16.8 Å². The van der Waals surface area contributed by atoms with E-state index in [2.05, 4.69) is 5.32 Å². The summed E-state index contributed by atoms with van der Waals surface area (Å²) in [5.41, 5.74) is 0.412. The highest BCUT2D eigenvalue weighted by molar-refractivity contribution is 7.93. The minimum absolute atomic E-state index is 0.0129. The fourth-order valence-corrected chi connectivity index (χ4v) is 7.54. The van der Waals surface area contributed by atoms with Crippen LogP contribution in [-0.2, 0) is 24.8 Å². The number of sulfonamides is 2. The number of halogens is 2. The molecule has 0 atom stereocenters. The third-order valence-electron chi connectivity index (χ3n) is 5.89. The zero-order valence-corrected chi connectivity index (χ0v) is 22.8. The SMILES string of the molecule is O=C(CN(c1ccc(Cl)cc1Cl)S(=O)(=O)c1ccccc1)Nc1ccc(S(=O)(=O)N2CCCCC2)cc1. The van der Waals surface area contributed by atoms with Crippen molar-refractivity contribution in [3.63, 3.8) is 0 Å². The summed E-state index contributed by atoms with van der Waals surface area (Å²) >= 11 is 12.3. The summed E-state index contributed by atoms with van der Waals surface area (Å²) in [6, 6.07) is 17.8. The van der Waals surface area contributed by atoms with Gasteiger partial charge in [0.25, 0.3) is 10.0 Å². The summed E-state index contributed by atoms with van der Waals surface area (Å²) in [5.74, 6) is -0.642. The Morgan fingerprint density at radius 2 is 1.49 bits per heavy atom. The summed E-state index contributed by atoms with van der Waals surface area (Å²) in [4.78, 5) is 13.1. The molecule has 0 bridgehead atoms. The van der Waals surface area contributed by atoms with E-state index in [1.165, 1.54) is 58.9 Å². The summed E-state index contributed by atoms with van der Waals surface area (Å²) in [7, 11) is -7.77. The molecule has 3 aromatic rings. The first-order valence-corrected chi connectivity index (χ1v) is 15.2. The Labute approximate surface area is 226 Å². The minimum Gasteiger partial charge on any atom is -0.325 e. The molecule has 37 heavy (non-hydrogen) atoms. The van der Waals surface area contributed by atoms with E-state index in [0.29, 0.717) is 23.8 Å². The molecule has 0 radical (unpaired) electrons. The smallest absolute Gasteiger partial charge is 0.264 e. The fourth-order valence-electron chi connectivity index (χ4n) is 4.00. The predicted octanol–water partition coefficient (Wildman–Crippen LogP) is 5.00. The maximum Gasteiger partial charge on any atom is 0.264 e. The van der Waals surface area contributed by atoms with E-state index in [9.17, 15) is 21.6 Å². The van der Waals surface area contributed by atoms with Gasteiger partial charge in [-0.05, 0) is 67.4 Å². The van der Waals surface area contributed by atoms with Gasteiger partial charge in [0, 0.05) is 23.8 Å². The van der Waals surface area contributed by atoms with Crippen LogP contribution in [0.4, 0.5) is 11.4 Å². The first kappa shape index (κ1) is 27.4. The van der Waals surface area contributed by atoms with Crippen LogP contribution in [0.3, 0.4) is 0 Å². The van der Waals surface area contributed by atoms with Gasteiger partial charge in [-0.2, -0.15) is 4.31 Å². The van der Waals surface area contributed by atoms with E-state index in [-0.39, 0.29) is 20.5 Å². The van der Waals surface area contributed by atoms with Crippen LogP contribution in [0.15, 0.2) is 82.6 Å². The van der Waals surface area contributed by atoms with Gasteiger partial charge in [0.2, 0.25) is 15.9 Å². The van der Waals surface area contributed by atoms with Crippen molar-refractivity contribution in [2.75, 3.05) is 29.3 Å². The number of anilines is 2. The number of rotatable bonds is 8. The molecule has 1 aliphatic heterocycles. The summed E-state index contributed by atoms with van der Waals surface area (Å²) in [6.07, 6.45) is 2.66. The maximum atomic E-state index is 13.4. The molecule has 1 N–H and O–H groups in total. The van der Waals surface area contributed by atoms with Gasteiger partial charge in [0.15, 0.2) is 0 Å². The molecular formula is C25H25Cl2N3O5S2. The highest BCUT2D eigenvalue weighted by Gasteiger charge is 2.29. The van der Waals surface area contributed by atoms with Crippen LogP contribution in [0, 0.1) is 0 Å². The largest absolute Gasteiger partial charge is 0.325 e. The molecule has 8 nitrogen and oxygen atoms in total. The summed E-state index contributed by atoms with van der Waals surface area (Å²) in [5, 5.41) is 3.01. The standard InChI is InChI=1S/C25H25Cl2N3O5S2/c26-19-9-14-24(23(27)17-19)30(37(34,35)21-7-3-1-4-8-21)18-25(31)28-20-10-12-22(13-11-20)36(32,33)29-15-5-2-6-16-29/h1,3-4,7-14,17H,2,5-6,15-16,18H2,(H,28,31). The van der Waals surface area contributed by atoms with E-state index in [1.54, 1.807) is 18.2 Å². The number of hydrogen-bond donors (Lipinski definition) is 1. The van der Waals surface area contributed by atoms with Gasteiger partial charge in [0.1, 0.15) is 6.54 Å². The molecule has 0 aliphatic carbocycles. The molecular weight excluding hydrogens is 557 g/mol. The number of nitrogens with one attached hydrogen (secondary N) is 1. The van der Waals surface area contributed by atoms with E-state index in [0.717, 1.165) is 23.6 Å². The summed E-state index contributed by atoms with van der Waals surface area (Å²) in [6.45, 7) is 0.395. The third-order valence-corrected chi connectivity index (χ3v) is 10.1. The van der Waals surface area contributed by atoms with Gasteiger partial charge in [-0.1, -0.05) is 47.8 Å². The zero-order valence-electron chi connectivity index (χ0n) is 19.7. The predicted molar refractivity (Wildman–Crippen MR) is 145 cm³/mol. The second kappa shape index (κ2) is 11.4. The molecule has 1 heterocycles. The minimum atomic E-state index is -4.16. The van der Waals surface area contributed by atoms with E-state index < -0.39 is 32.5 Å². The lowest BCUT2D eigenvalue weighted by molar-refractivity contribution is -0.114. The number of carbonyl (C=O) groups is 1. The molecule has 0 spiro atoms. The molecule has 3 aromatic carbocycles. The normalized spacial score (nSPS) is 14.8. The van der Waals surface area contributed by atoms with E-state index in [1.807, 2.05) is 0 Å². The Morgan fingerprint density at radius 1 is 0.838 bits per heavy atom. The molecule has 12 heteroatoms. The van der Waals surface area contributed by atoms with Crippen LogP contribution in [0.5, 0.6) is 0 Å².